The van der Waals surface area contributed by atoms with Crippen molar-refractivity contribution in [1.29, 1.82) is 0 Å². The number of benzene rings is 4. The van der Waals surface area contributed by atoms with Gasteiger partial charge in [0.1, 0.15) is 21.2 Å². The van der Waals surface area contributed by atoms with Crippen LogP contribution < -0.4 is 15.6 Å². The van der Waals surface area contributed by atoms with Crippen molar-refractivity contribution in [2.75, 3.05) is 11.1 Å². The molecule has 25 heteroatoms. The molecule has 6 rings (SSSR count). The quantitative estimate of drug-likeness (QED) is 0.0113. The summed E-state index contributed by atoms with van der Waals surface area (Å²) in [6, 6.07) is 14.9. The zero-order valence-electron chi connectivity index (χ0n) is 31.5. The third-order valence-electron chi connectivity index (χ3n) is 7.89. The molecule has 0 unspecified atom stereocenters. The van der Waals surface area contributed by atoms with Crippen molar-refractivity contribution >= 4 is 89.1 Å². The molecular formula is C35H33N10O12S3+. The number of azo groups is 2. The monoisotopic (exact) mass is 881 g/mol. The molecule has 6 aromatic rings. The molecule has 0 amide bonds. The van der Waals surface area contributed by atoms with Gasteiger partial charge in [-0.25, -0.2) is 14.6 Å². The van der Waals surface area contributed by atoms with Crippen molar-refractivity contribution in [3.8, 4) is 11.7 Å². The molecule has 312 valence electrons. The third-order valence-corrected chi connectivity index (χ3v) is 10.3. The highest BCUT2D eigenvalue weighted by Crippen LogP contribution is 2.49. The minimum Gasteiger partial charge on any atom is -0.505 e. The zero-order chi connectivity index (χ0) is 43.9. The molecule has 0 bridgehead atoms. The topological polar surface area (TPSA) is 335 Å². The van der Waals surface area contributed by atoms with Crippen molar-refractivity contribution in [2.45, 2.75) is 42.4 Å². The predicted octanol–water partition coefficient (Wildman–Crippen LogP) is 7.43. The fourth-order valence-electron chi connectivity index (χ4n) is 5.30. The van der Waals surface area contributed by atoms with E-state index in [4.69, 9.17) is 11.0 Å². The number of nitrogens with one attached hydrogen (secondary N) is 1. The van der Waals surface area contributed by atoms with Crippen LogP contribution in [0.2, 0.25) is 0 Å². The van der Waals surface area contributed by atoms with Gasteiger partial charge in [0, 0.05) is 6.92 Å². The van der Waals surface area contributed by atoms with Gasteiger partial charge in [0.15, 0.2) is 5.75 Å². The summed E-state index contributed by atoms with van der Waals surface area (Å²) < 4.78 is 76.1. The molecule has 60 heavy (non-hydrogen) atoms. The first-order chi connectivity index (χ1) is 28.4. The van der Waals surface area contributed by atoms with Crippen LogP contribution in [0.25, 0.3) is 16.7 Å². The first-order valence-corrected chi connectivity index (χ1v) is 20.6. The number of aromatic carboxylic acids is 1. The Kier molecular flexibility index (Phi) is 13.8. The number of pyridine rings is 1. The number of anilines is 3. The Bertz CT molecular complexity index is 2920. The smallest absolute Gasteiger partial charge is 0.442 e. The van der Waals surface area contributed by atoms with E-state index in [0.717, 1.165) is 29.8 Å². The number of rotatable bonds is 13. The fraction of sp³-hybridized carbons (Fsp3) is 0.114. The number of aromatic nitrogens is 4. The molecule has 4 aromatic carbocycles. The lowest BCUT2D eigenvalue weighted by molar-refractivity contribution is -0.603. The van der Waals surface area contributed by atoms with E-state index in [0.29, 0.717) is 17.7 Å². The van der Waals surface area contributed by atoms with Crippen LogP contribution in [-0.4, -0.2) is 62.3 Å². The lowest BCUT2D eigenvalue weighted by atomic mass is 10.1. The van der Waals surface area contributed by atoms with Crippen LogP contribution in [0, 0.1) is 13.8 Å². The Balaban J connectivity index is 0.00000336. The van der Waals surface area contributed by atoms with Gasteiger partial charge in [-0.1, -0.05) is 42.1 Å². The molecule has 0 atom stereocenters. The number of carbonyl (C=O) groups is 1. The summed E-state index contributed by atoms with van der Waals surface area (Å²) in [5.74, 6) is -2.06. The Morgan fingerprint density at radius 3 is 2.23 bits per heavy atom. The third kappa shape index (κ3) is 10.2. The second-order valence-corrected chi connectivity index (χ2v) is 15.3. The highest BCUT2D eigenvalue weighted by atomic mass is 32.2. The molecule has 22 nitrogen and oxygen atoms in total. The van der Waals surface area contributed by atoms with Crippen LogP contribution in [0.3, 0.4) is 0 Å². The Hall–Kier alpha value is -6.58. The van der Waals surface area contributed by atoms with Gasteiger partial charge >= 0.3 is 17.9 Å². The van der Waals surface area contributed by atoms with Crippen LogP contribution in [0.5, 0.6) is 5.75 Å². The fourth-order valence-corrected chi connectivity index (χ4v) is 7.09. The van der Waals surface area contributed by atoms with Gasteiger partial charge in [-0.15, -0.1) is 14.6 Å². The van der Waals surface area contributed by atoms with Crippen LogP contribution in [0.4, 0.5) is 40.1 Å². The van der Waals surface area contributed by atoms with Gasteiger partial charge in [-0.2, -0.15) is 32.0 Å². The zero-order valence-corrected chi connectivity index (χ0v) is 33.9. The molecule has 0 aliphatic heterocycles. The molecule has 0 aliphatic carbocycles. The SMILES string of the molecule is CC.Cc1nc(Nc2cc(N=Nc3c(S(=O)(=O)O)cc4cc(SOOO)c(N=Nc5ccccc5C)c(O)c4c3N)ccc2S(=O)(=O)O)nc(-[n+]2cccc(C(=O)O)c2)n1. The van der Waals surface area contributed by atoms with E-state index >= 15 is 0 Å². The maximum absolute atomic E-state index is 12.6. The number of carboxylic acid groups (broad SMARTS) is 1. The average molecular weight is 882 g/mol. The summed E-state index contributed by atoms with van der Waals surface area (Å²) in [5, 5.41) is 51.9. The number of fused-ring (bicyclic) bond motifs is 1. The summed E-state index contributed by atoms with van der Waals surface area (Å²) in [7, 11) is -10.0. The highest BCUT2D eigenvalue weighted by molar-refractivity contribution is 7.94. The van der Waals surface area contributed by atoms with Gasteiger partial charge in [0.2, 0.25) is 5.82 Å². The van der Waals surface area contributed by atoms with Crippen LogP contribution in [0.15, 0.2) is 114 Å². The highest BCUT2D eigenvalue weighted by Gasteiger charge is 2.26. The standard InChI is InChI=1S/C33H26N10O12S3.C2H6/c1-16-6-3-4-8-21(16)40-41-28-23(56-55-54-47)12-19-13-25(58(51,52)53)29(27(34)26(19)30(28)44)42-39-20-9-10-24(57(48,49)50)22(14-20)37-32-35-17(2)36-33(38-32)43-11-5-7-18(15-43)31(45)46;1-2/h3-15H,1-2H3,(H7-,34,35,36,37,38,39,40,44,45,46,47,48,49,50,51,52,53);1-2H3/p+1. The summed E-state index contributed by atoms with van der Waals surface area (Å²) in [6.45, 7) is 7.25. The number of phenols is 1. The second-order valence-electron chi connectivity index (χ2n) is 11.8. The van der Waals surface area contributed by atoms with E-state index in [1.807, 2.05) is 13.8 Å². The lowest BCUT2D eigenvalue weighted by Crippen LogP contribution is -2.34. The molecular weight excluding hydrogens is 849 g/mol. The number of hydrogen-bond acceptors (Lipinski definition) is 19. The summed E-state index contributed by atoms with van der Waals surface area (Å²) in [6.07, 6.45) is 2.70. The van der Waals surface area contributed by atoms with Crippen molar-refractivity contribution < 1.29 is 60.1 Å². The Morgan fingerprint density at radius 2 is 1.57 bits per heavy atom. The summed E-state index contributed by atoms with van der Waals surface area (Å²) in [4.78, 5) is 22.5. The van der Waals surface area contributed by atoms with E-state index < -0.39 is 53.1 Å². The average Bonchev–Trinajstić information content (AvgIpc) is 3.19. The molecule has 2 aromatic heterocycles. The number of nitrogens with two attached hydrogens (primary N) is 1. The maximum atomic E-state index is 12.6. The maximum Gasteiger partial charge on any atom is 0.442 e. The number of phenolic OH excluding ortho intramolecular Hbond substituents is 1. The minimum atomic E-state index is -5.11. The van der Waals surface area contributed by atoms with Gasteiger partial charge < -0.3 is 21.3 Å². The molecule has 0 radical (unpaired) electrons. The van der Waals surface area contributed by atoms with E-state index in [1.165, 1.54) is 42.1 Å². The van der Waals surface area contributed by atoms with Crippen molar-refractivity contribution in [3.63, 3.8) is 0 Å². The molecule has 2 heterocycles. The number of carboxylic acids is 1. The van der Waals surface area contributed by atoms with E-state index in [-0.39, 0.29) is 56.0 Å². The summed E-state index contributed by atoms with van der Waals surface area (Å²) >= 11 is 0.371. The second kappa shape index (κ2) is 18.6. The van der Waals surface area contributed by atoms with Crippen molar-refractivity contribution in [3.05, 3.63) is 96.1 Å². The van der Waals surface area contributed by atoms with Gasteiger partial charge in [0.25, 0.3) is 20.2 Å². The largest absolute Gasteiger partial charge is 0.505 e. The first-order valence-electron chi connectivity index (χ1n) is 16.9. The van der Waals surface area contributed by atoms with Gasteiger partial charge in [-0.05, 0) is 71.4 Å². The van der Waals surface area contributed by atoms with Crippen LogP contribution in [0.1, 0.15) is 35.6 Å². The molecule has 0 aliphatic rings. The van der Waals surface area contributed by atoms with Crippen LogP contribution in [-0.2, 0) is 29.6 Å². The predicted molar refractivity (Wildman–Crippen MR) is 214 cm³/mol. The van der Waals surface area contributed by atoms with Crippen molar-refractivity contribution in [2.24, 2.45) is 20.5 Å². The number of nitrogens with zero attached hydrogens (tertiary/aromatic N) is 8. The molecule has 0 saturated carbocycles. The van der Waals surface area contributed by atoms with E-state index in [2.05, 4.69) is 50.1 Å². The Labute approximate surface area is 344 Å². The van der Waals surface area contributed by atoms with E-state index in [9.17, 15) is 40.9 Å². The van der Waals surface area contributed by atoms with E-state index in [1.54, 1.807) is 31.2 Å². The number of hydrogen-bond donors (Lipinski definition) is 7. The summed E-state index contributed by atoms with van der Waals surface area (Å²) in [5.41, 5.74) is 5.52. The Morgan fingerprint density at radius 1 is 0.867 bits per heavy atom. The normalized spacial score (nSPS) is 11.8. The van der Waals surface area contributed by atoms with Gasteiger partial charge in [0.05, 0.1) is 63.0 Å². The molecule has 0 saturated heterocycles. The molecule has 8 N–H and O–H groups in total. The van der Waals surface area contributed by atoms with Crippen LogP contribution >= 0.6 is 12.0 Å². The minimum absolute atomic E-state index is 0.0433. The molecule has 0 fully saturated rings. The lowest BCUT2D eigenvalue weighted by Gasteiger charge is -2.14. The molecule has 0 spiro atoms. The number of nitrogen functional groups attached to an aromatic ring is 1. The first kappa shape index (κ1) is 44.5. The number of aryl methyl sites for hydroxylation is 2. The van der Waals surface area contributed by atoms with Crippen molar-refractivity contribution in [1.82, 2.24) is 15.0 Å². The van der Waals surface area contributed by atoms with Gasteiger partial charge in [-0.3, -0.25) is 9.11 Å². The number of aromatic hydroxyl groups is 1.